The van der Waals surface area contributed by atoms with E-state index >= 15 is 0 Å². The Morgan fingerprint density at radius 1 is 0.722 bits per heavy atom. The lowest BCUT2D eigenvalue weighted by Crippen LogP contribution is -2.61. The smallest absolute Gasteiger partial charge is 0.179 e. The number of fused-ring (bicyclic) bond motifs is 2. The molecule has 3 fully saturated rings. The average molecular weight is 330 g/mol. The van der Waals surface area contributed by atoms with Crippen molar-refractivity contribution in [1.29, 1.82) is 0 Å². The highest BCUT2D eigenvalue weighted by atomic mass is 35.5. The minimum atomic E-state index is -1.24. The monoisotopic (exact) mass is 328 g/mol. The summed E-state index contributed by atoms with van der Waals surface area (Å²) < 4.78 is -2.49. The summed E-state index contributed by atoms with van der Waals surface area (Å²) in [5, 5.41) is 0. The van der Waals surface area contributed by atoms with Crippen LogP contribution in [-0.2, 0) is 9.59 Å². The molecule has 4 atom stereocenters. The average Bonchev–Trinajstić information content (AvgIpc) is 2.28. The molecule has 6 heteroatoms. The van der Waals surface area contributed by atoms with Gasteiger partial charge in [0.15, 0.2) is 20.2 Å². The van der Waals surface area contributed by atoms with E-state index in [0.717, 1.165) is 0 Å². The van der Waals surface area contributed by atoms with Gasteiger partial charge < -0.3 is 0 Å². The van der Waals surface area contributed by atoms with E-state index in [2.05, 4.69) is 0 Å². The van der Waals surface area contributed by atoms with Crippen LogP contribution in [0, 0.1) is 23.7 Å². The Morgan fingerprint density at radius 3 is 1.39 bits per heavy atom. The Hall–Kier alpha value is 0.500. The molecule has 0 heterocycles. The van der Waals surface area contributed by atoms with Gasteiger partial charge in [-0.1, -0.05) is 46.4 Å². The highest BCUT2D eigenvalue weighted by Crippen LogP contribution is 2.60. The van der Waals surface area contributed by atoms with E-state index in [9.17, 15) is 9.59 Å². The van der Waals surface area contributed by atoms with Crippen molar-refractivity contribution in [2.45, 2.75) is 34.3 Å². The Bertz CT molecular complexity index is 392. The van der Waals surface area contributed by atoms with Crippen LogP contribution in [0.4, 0.5) is 0 Å². The number of hydrogen-bond donors (Lipinski definition) is 0. The summed E-state index contributed by atoms with van der Waals surface area (Å²) >= 11 is 24.2. The van der Waals surface area contributed by atoms with Crippen molar-refractivity contribution in [3.63, 3.8) is 0 Å². The Morgan fingerprint density at radius 2 is 1.06 bits per heavy atom. The summed E-state index contributed by atoms with van der Waals surface area (Å²) in [5.41, 5.74) is 0. The van der Waals surface area contributed by atoms with Gasteiger partial charge in [0.1, 0.15) is 0 Å². The molecule has 0 amide bonds. The largest absolute Gasteiger partial charge is 0.296 e. The molecule has 2 nitrogen and oxygen atoms in total. The molecule has 0 unspecified atom stereocenters. The minimum absolute atomic E-state index is 0.0193. The molecule has 0 radical (unpaired) electrons. The van der Waals surface area contributed by atoms with Crippen molar-refractivity contribution in [1.82, 2.24) is 0 Å². The zero-order valence-corrected chi connectivity index (χ0v) is 12.5. The van der Waals surface area contributed by atoms with E-state index < -0.39 is 8.67 Å². The summed E-state index contributed by atoms with van der Waals surface area (Å²) in [6.45, 7) is 0. The van der Waals surface area contributed by atoms with Gasteiger partial charge in [0.05, 0.1) is 0 Å². The van der Waals surface area contributed by atoms with Crippen LogP contribution in [0.15, 0.2) is 0 Å². The van der Waals surface area contributed by atoms with Crippen molar-refractivity contribution in [3.8, 4) is 0 Å². The normalized spacial score (nSPS) is 44.9. The molecule has 3 saturated carbocycles. The Labute approximate surface area is 125 Å². The topological polar surface area (TPSA) is 34.1 Å². The van der Waals surface area contributed by atoms with E-state index in [1.165, 1.54) is 0 Å². The van der Waals surface area contributed by atoms with Crippen LogP contribution in [0.5, 0.6) is 0 Å². The van der Waals surface area contributed by atoms with Gasteiger partial charge in [-0.3, -0.25) is 9.59 Å². The van der Waals surface area contributed by atoms with Crippen LogP contribution < -0.4 is 0 Å². The fourth-order valence-electron chi connectivity index (χ4n) is 3.69. The van der Waals surface area contributed by atoms with Gasteiger partial charge in [0.2, 0.25) is 0 Å². The maximum atomic E-state index is 11.8. The van der Waals surface area contributed by atoms with E-state index in [1.807, 2.05) is 0 Å². The molecule has 18 heavy (non-hydrogen) atoms. The third-order valence-corrected chi connectivity index (χ3v) is 6.68. The molecule has 0 aromatic carbocycles. The van der Waals surface area contributed by atoms with Gasteiger partial charge in [0.25, 0.3) is 0 Å². The van der Waals surface area contributed by atoms with Gasteiger partial charge in [-0.05, 0) is 25.7 Å². The van der Waals surface area contributed by atoms with Gasteiger partial charge in [-0.2, -0.15) is 0 Å². The molecule has 0 aromatic heterocycles. The third-order valence-electron chi connectivity index (χ3n) is 4.81. The van der Waals surface area contributed by atoms with Crippen LogP contribution in [0.1, 0.15) is 25.7 Å². The maximum absolute atomic E-state index is 11.8. The van der Waals surface area contributed by atoms with Gasteiger partial charge in [-0.15, -0.1) is 0 Å². The zero-order valence-electron chi connectivity index (χ0n) is 9.47. The third kappa shape index (κ3) is 1.55. The molecule has 3 rings (SSSR count). The van der Waals surface area contributed by atoms with Crippen LogP contribution in [0.25, 0.3) is 0 Å². The van der Waals surface area contributed by atoms with E-state index in [-0.39, 0.29) is 35.2 Å². The quantitative estimate of drug-likeness (QED) is 0.637. The van der Waals surface area contributed by atoms with Gasteiger partial charge in [0, 0.05) is 23.7 Å². The van der Waals surface area contributed by atoms with E-state index in [1.54, 1.807) is 0 Å². The predicted molar refractivity (Wildman–Crippen MR) is 71.3 cm³/mol. The van der Waals surface area contributed by atoms with Crippen LogP contribution in [0.3, 0.4) is 0 Å². The first-order valence-corrected chi connectivity index (χ1v) is 7.63. The molecule has 0 aliphatic heterocycles. The lowest BCUT2D eigenvalue weighted by molar-refractivity contribution is -0.144. The molecular formula is C12H12Cl4O2. The fraction of sp³-hybridized carbons (Fsp3) is 0.833. The van der Waals surface area contributed by atoms with Crippen LogP contribution in [-0.4, -0.2) is 20.2 Å². The number of ketones is 2. The standard InChI is InChI=1S/C12H12Cl4O2/c13-11(14)7-3-4-8-6(10(18)12(8,15)16)2-1-5(7)9(11)17/h5-8H,1-4H2/t5-,6+,7-,8+. The second-order valence-electron chi connectivity index (χ2n) is 5.56. The first-order valence-electron chi connectivity index (χ1n) is 6.12. The first-order chi connectivity index (χ1) is 8.28. The Balaban J connectivity index is 1.78. The predicted octanol–water partition coefficient (Wildman–Crippen LogP) is 3.54. The maximum Gasteiger partial charge on any atom is 0.179 e. The number of halogens is 4. The lowest BCUT2D eigenvalue weighted by atomic mass is 9.58. The molecule has 0 N–H and O–H groups in total. The minimum Gasteiger partial charge on any atom is -0.296 e. The number of carbonyl (C=O) groups excluding carboxylic acids is 2. The molecule has 0 spiro atoms. The summed E-state index contributed by atoms with van der Waals surface area (Å²) in [5.74, 6) is -0.403. The van der Waals surface area contributed by atoms with Crippen LogP contribution in [0.2, 0.25) is 0 Å². The zero-order chi connectivity index (χ0) is 13.3. The number of rotatable bonds is 0. The summed E-state index contributed by atoms with van der Waals surface area (Å²) in [4.78, 5) is 23.6. The molecular weight excluding hydrogens is 318 g/mol. The van der Waals surface area contributed by atoms with Gasteiger partial charge in [-0.25, -0.2) is 0 Å². The molecule has 100 valence electrons. The second kappa shape index (κ2) is 4.00. The van der Waals surface area contributed by atoms with Crippen LogP contribution >= 0.6 is 46.4 Å². The number of Topliss-reactive ketones (excluding diaryl/α,β-unsaturated/α-hetero) is 2. The highest BCUT2D eigenvalue weighted by molar-refractivity contribution is 6.61. The fourth-order valence-corrected chi connectivity index (χ4v) is 5.29. The molecule has 3 aliphatic carbocycles. The molecule has 3 aliphatic rings. The van der Waals surface area contributed by atoms with Crippen molar-refractivity contribution in [2.75, 3.05) is 0 Å². The van der Waals surface area contributed by atoms with Gasteiger partial charge >= 0.3 is 0 Å². The van der Waals surface area contributed by atoms with Crippen molar-refractivity contribution >= 4 is 58.0 Å². The number of carbonyl (C=O) groups is 2. The molecule has 0 saturated heterocycles. The van der Waals surface area contributed by atoms with E-state index in [4.69, 9.17) is 46.4 Å². The molecule has 0 aromatic rings. The second-order valence-corrected chi connectivity index (χ2v) is 8.33. The Kier molecular flexibility index (Phi) is 3.00. The van der Waals surface area contributed by atoms with Crippen molar-refractivity contribution in [2.24, 2.45) is 23.7 Å². The van der Waals surface area contributed by atoms with Crippen molar-refractivity contribution < 1.29 is 9.59 Å². The lowest BCUT2D eigenvalue weighted by Gasteiger charge is -2.53. The van der Waals surface area contributed by atoms with Crippen molar-refractivity contribution in [3.05, 3.63) is 0 Å². The molecule has 0 bridgehead atoms. The highest BCUT2D eigenvalue weighted by Gasteiger charge is 2.65. The number of hydrogen-bond acceptors (Lipinski definition) is 2. The number of alkyl halides is 4. The summed E-state index contributed by atoms with van der Waals surface area (Å²) in [6, 6.07) is 0. The summed E-state index contributed by atoms with van der Waals surface area (Å²) in [6.07, 6.45) is 2.75. The summed E-state index contributed by atoms with van der Waals surface area (Å²) in [7, 11) is 0. The SMILES string of the molecule is O=C1[C@@H]2CC[C@@H]3C(=O)C(Cl)(Cl)[C@H]3CC[C@H]2C1(Cl)Cl. The van der Waals surface area contributed by atoms with E-state index in [0.29, 0.717) is 25.7 Å². The first kappa shape index (κ1) is 13.5.